The molecule has 1 saturated carbocycles. The minimum Gasteiger partial charge on any atom is -0.353 e. The molecule has 1 aromatic rings. The lowest BCUT2D eigenvalue weighted by Crippen LogP contribution is -2.39. The van der Waals surface area contributed by atoms with Crippen molar-refractivity contribution in [1.29, 1.82) is 0 Å². The van der Waals surface area contributed by atoms with Gasteiger partial charge in [0.15, 0.2) is 0 Å². The number of amides is 2. The van der Waals surface area contributed by atoms with E-state index in [0.29, 0.717) is 10.9 Å². The second kappa shape index (κ2) is 5.89. The van der Waals surface area contributed by atoms with Crippen LogP contribution in [0.4, 0.5) is 5.69 Å². The van der Waals surface area contributed by atoms with Gasteiger partial charge in [0.25, 0.3) is 0 Å². The second-order valence-electron chi connectivity index (χ2n) is 5.63. The largest absolute Gasteiger partial charge is 0.353 e. The predicted octanol–water partition coefficient (Wildman–Crippen LogP) is 3.06. The van der Waals surface area contributed by atoms with Crippen molar-refractivity contribution in [3.63, 3.8) is 0 Å². The highest BCUT2D eigenvalue weighted by atomic mass is 35.5. The zero-order chi connectivity index (χ0) is 15.0. The molecule has 6 heteroatoms. The third kappa shape index (κ3) is 3.52. The molecule has 2 aliphatic rings. The van der Waals surface area contributed by atoms with Gasteiger partial charge in [-0.2, -0.15) is 0 Å². The van der Waals surface area contributed by atoms with Gasteiger partial charge in [-0.1, -0.05) is 11.6 Å². The van der Waals surface area contributed by atoms with Crippen LogP contribution in [0.1, 0.15) is 26.2 Å². The third-order valence-corrected chi connectivity index (χ3v) is 5.36. The SMILES string of the molecule is C[C@H](NC(=O)C[C@H]1Sc2ccc(Cl)cc2NC1=O)C1CC1. The topological polar surface area (TPSA) is 58.2 Å². The normalized spacial score (nSPS) is 22.2. The number of fused-ring (bicyclic) bond motifs is 1. The lowest BCUT2D eigenvalue weighted by molar-refractivity contribution is -0.124. The van der Waals surface area contributed by atoms with Gasteiger partial charge >= 0.3 is 0 Å². The number of nitrogens with one attached hydrogen (secondary N) is 2. The molecule has 0 saturated heterocycles. The summed E-state index contributed by atoms with van der Waals surface area (Å²) in [6.45, 7) is 2.03. The summed E-state index contributed by atoms with van der Waals surface area (Å²) in [4.78, 5) is 25.1. The molecule has 1 aliphatic carbocycles. The Balaban J connectivity index is 1.62. The minimum absolute atomic E-state index is 0.0561. The molecule has 3 rings (SSSR count). The van der Waals surface area contributed by atoms with Gasteiger partial charge in [0.05, 0.1) is 10.9 Å². The Morgan fingerprint density at radius 3 is 3.00 bits per heavy atom. The maximum atomic E-state index is 12.1. The van der Waals surface area contributed by atoms with Crippen LogP contribution < -0.4 is 10.6 Å². The highest BCUT2D eigenvalue weighted by Gasteiger charge is 2.32. The average Bonchev–Trinajstić information content (AvgIpc) is 3.24. The van der Waals surface area contributed by atoms with Gasteiger partial charge in [0, 0.05) is 22.4 Å². The monoisotopic (exact) mass is 324 g/mol. The first-order chi connectivity index (χ1) is 10.0. The zero-order valence-corrected chi connectivity index (χ0v) is 13.3. The van der Waals surface area contributed by atoms with E-state index in [9.17, 15) is 9.59 Å². The van der Waals surface area contributed by atoms with E-state index in [0.717, 1.165) is 10.6 Å². The van der Waals surface area contributed by atoms with E-state index in [4.69, 9.17) is 11.6 Å². The Morgan fingerprint density at radius 1 is 1.52 bits per heavy atom. The van der Waals surface area contributed by atoms with Crippen molar-refractivity contribution >= 4 is 40.9 Å². The summed E-state index contributed by atoms with van der Waals surface area (Å²) < 4.78 is 0. The molecule has 0 aromatic heterocycles. The molecule has 0 unspecified atom stereocenters. The second-order valence-corrected chi connectivity index (χ2v) is 7.31. The van der Waals surface area contributed by atoms with E-state index in [1.807, 2.05) is 13.0 Å². The number of carbonyl (C=O) groups is 2. The molecular formula is C15H17ClN2O2S. The van der Waals surface area contributed by atoms with Crippen LogP contribution in [-0.4, -0.2) is 23.1 Å². The molecule has 2 amide bonds. The standard InChI is InChI=1S/C15H17ClN2O2S/c1-8(9-2-3-9)17-14(19)7-13-15(20)18-11-6-10(16)4-5-12(11)21-13/h4-6,8-9,13H,2-3,7H2,1H3,(H,17,19)(H,18,20)/t8-,13+/m0/s1. The minimum atomic E-state index is -0.384. The summed E-state index contributed by atoms with van der Waals surface area (Å²) in [6, 6.07) is 5.60. The summed E-state index contributed by atoms with van der Waals surface area (Å²) in [5, 5.41) is 6.01. The summed E-state index contributed by atoms with van der Waals surface area (Å²) >= 11 is 7.33. The molecule has 1 fully saturated rings. The van der Waals surface area contributed by atoms with Gasteiger partial charge in [-0.15, -0.1) is 11.8 Å². The zero-order valence-electron chi connectivity index (χ0n) is 11.7. The molecule has 2 atom stereocenters. The fraction of sp³-hybridized carbons (Fsp3) is 0.467. The van der Waals surface area contributed by atoms with Crippen LogP contribution in [0.2, 0.25) is 5.02 Å². The summed E-state index contributed by atoms with van der Waals surface area (Å²) in [6.07, 6.45) is 2.58. The third-order valence-electron chi connectivity index (χ3n) is 3.85. The number of rotatable bonds is 4. The van der Waals surface area contributed by atoms with Gasteiger partial charge < -0.3 is 10.6 Å². The summed E-state index contributed by atoms with van der Waals surface area (Å²) in [7, 11) is 0. The lowest BCUT2D eigenvalue weighted by Gasteiger charge is -2.24. The van der Waals surface area contributed by atoms with Crippen molar-refractivity contribution in [2.75, 3.05) is 5.32 Å². The van der Waals surface area contributed by atoms with Crippen LogP contribution in [0.3, 0.4) is 0 Å². The summed E-state index contributed by atoms with van der Waals surface area (Å²) in [5.41, 5.74) is 0.723. The molecule has 21 heavy (non-hydrogen) atoms. The van der Waals surface area contributed by atoms with Crippen molar-refractivity contribution in [1.82, 2.24) is 5.32 Å². The average molecular weight is 325 g/mol. The molecule has 4 nitrogen and oxygen atoms in total. The first kappa shape index (κ1) is 14.7. The van der Waals surface area contributed by atoms with Crippen LogP contribution in [-0.2, 0) is 9.59 Å². The van der Waals surface area contributed by atoms with Crippen LogP contribution in [0.15, 0.2) is 23.1 Å². The molecule has 2 N–H and O–H groups in total. The van der Waals surface area contributed by atoms with Crippen LogP contribution in [0, 0.1) is 5.92 Å². The molecule has 1 aromatic carbocycles. The van der Waals surface area contributed by atoms with Gasteiger partial charge in [0.2, 0.25) is 11.8 Å². The smallest absolute Gasteiger partial charge is 0.238 e. The number of hydrogen-bond acceptors (Lipinski definition) is 3. The van der Waals surface area contributed by atoms with Crippen LogP contribution >= 0.6 is 23.4 Å². The maximum Gasteiger partial charge on any atom is 0.238 e. The highest BCUT2D eigenvalue weighted by molar-refractivity contribution is 8.01. The lowest BCUT2D eigenvalue weighted by atomic mass is 10.2. The Morgan fingerprint density at radius 2 is 2.29 bits per heavy atom. The Labute approximate surface area is 133 Å². The number of halogens is 1. The number of thioether (sulfide) groups is 1. The van der Waals surface area contributed by atoms with E-state index < -0.39 is 0 Å². The van der Waals surface area contributed by atoms with Crippen molar-refractivity contribution < 1.29 is 9.59 Å². The van der Waals surface area contributed by atoms with E-state index in [-0.39, 0.29) is 29.5 Å². The number of hydrogen-bond donors (Lipinski definition) is 2. The van der Waals surface area contributed by atoms with Gasteiger partial charge in [-0.25, -0.2) is 0 Å². The molecule has 0 radical (unpaired) electrons. The summed E-state index contributed by atoms with van der Waals surface area (Å²) in [5.74, 6) is 0.424. The molecule has 0 spiro atoms. The van der Waals surface area contributed by atoms with E-state index >= 15 is 0 Å². The van der Waals surface area contributed by atoms with Gasteiger partial charge in [-0.05, 0) is 43.9 Å². The Bertz CT molecular complexity index is 589. The fourth-order valence-corrected chi connectivity index (χ4v) is 3.72. The molecule has 1 aliphatic heterocycles. The van der Waals surface area contributed by atoms with Crippen LogP contribution in [0.5, 0.6) is 0 Å². The maximum absolute atomic E-state index is 12.1. The first-order valence-electron chi connectivity index (χ1n) is 7.09. The van der Waals surface area contributed by atoms with E-state index in [2.05, 4.69) is 10.6 Å². The molecular weight excluding hydrogens is 308 g/mol. The van der Waals surface area contributed by atoms with E-state index in [1.54, 1.807) is 12.1 Å². The Hall–Kier alpha value is -1.20. The van der Waals surface area contributed by atoms with Crippen molar-refractivity contribution in [2.45, 2.75) is 42.4 Å². The number of benzene rings is 1. The van der Waals surface area contributed by atoms with Gasteiger partial charge in [-0.3, -0.25) is 9.59 Å². The highest BCUT2D eigenvalue weighted by Crippen LogP contribution is 2.38. The molecule has 1 heterocycles. The van der Waals surface area contributed by atoms with Gasteiger partial charge in [0.1, 0.15) is 0 Å². The molecule has 112 valence electrons. The van der Waals surface area contributed by atoms with Crippen molar-refractivity contribution in [3.8, 4) is 0 Å². The first-order valence-corrected chi connectivity index (χ1v) is 8.35. The quantitative estimate of drug-likeness (QED) is 0.895. The van der Waals surface area contributed by atoms with Crippen molar-refractivity contribution in [2.24, 2.45) is 5.92 Å². The predicted molar refractivity (Wildman–Crippen MR) is 84.7 cm³/mol. The van der Waals surface area contributed by atoms with E-state index in [1.165, 1.54) is 24.6 Å². The number of carbonyl (C=O) groups excluding carboxylic acids is 2. The molecule has 0 bridgehead atoms. The fourth-order valence-electron chi connectivity index (χ4n) is 2.45. The van der Waals surface area contributed by atoms with Crippen molar-refractivity contribution in [3.05, 3.63) is 23.2 Å². The number of anilines is 1. The van der Waals surface area contributed by atoms with Crippen LogP contribution in [0.25, 0.3) is 0 Å². The Kier molecular flexibility index (Phi) is 4.13.